The number of hydrogen-bond donors (Lipinski definition) is 2. The van der Waals surface area contributed by atoms with E-state index in [-0.39, 0.29) is 24.4 Å². The van der Waals surface area contributed by atoms with Crippen molar-refractivity contribution < 1.29 is 37.8 Å². The van der Waals surface area contributed by atoms with Gasteiger partial charge >= 0.3 is 7.12 Å². The number of rotatable bonds is 8. The summed E-state index contributed by atoms with van der Waals surface area (Å²) in [5.41, 5.74) is 1.22. The summed E-state index contributed by atoms with van der Waals surface area (Å²) in [7, 11) is -0.474. The summed E-state index contributed by atoms with van der Waals surface area (Å²) in [6.45, 7) is 14.8. The molecule has 7 rings (SSSR count). The molecule has 0 aromatic carbocycles. The van der Waals surface area contributed by atoms with Crippen LogP contribution in [-0.4, -0.2) is 81.7 Å². The molecule has 1 aliphatic rings. The zero-order valence-corrected chi connectivity index (χ0v) is 34.7. The molecule has 0 unspecified atom stereocenters. The van der Waals surface area contributed by atoms with E-state index < -0.39 is 30.2 Å². The summed E-state index contributed by atoms with van der Waals surface area (Å²) >= 11 is 3.37. The maximum Gasteiger partial charge on any atom is 0.496 e. The predicted octanol–water partition coefficient (Wildman–Crippen LogP) is 6.19. The molecular formula is C40H42BBrF2N8O6. The third kappa shape index (κ3) is 10.7. The second-order valence-electron chi connectivity index (χ2n) is 15.6. The van der Waals surface area contributed by atoms with Gasteiger partial charge < -0.3 is 29.0 Å². The zero-order chi connectivity index (χ0) is 42.6. The van der Waals surface area contributed by atoms with Crippen molar-refractivity contribution in [2.24, 2.45) is 0 Å². The van der Waals surface area contributed by atoms with Crippen molar-refractivity contribution in [3.05, 3.63) is 101 Å². The lowest BCUT2D eigenvalue weighted by atomic mass is 9.80. The van der Waals surface area contributed by atoms with Crippen LogP contribution in [0.5, 0.6) is 11.5 Å². The maximum absolute atomic E-state index is 13.1. The van der Waals surface area contributed by atoms with Gasteiger partial charge in [-0.15, -0.1) is 0 Å². The molecule has 6 aromatic rings. The summed E-state index contributed by atoms with van der Waals surface area (Å²) in [5.74, 6) is -0.0125. The highest BCUT2D eigenvalue weighted by molar-refractivity contribution is 9.10. The van der Waals surface area contributed by atoms with Crippen molar-refractivity contribution in [3.8, 4) is 34.9 Å². The van der Waals surface area contributed by atoms with E-state index in [4.69, 9.17) is 24.0 Å². The van der Waals surface area contributed by atoms with E-state index in [1.54, 1.807) is 72.9 Å². The Balaban J connectivity index is 0.000000170. The first kappa shape index (κ1) is 43.6. The van der Waals surface area contributed by atoms with Crippen LogP contribution in [0.1, 0.15) is 66.8 Å². The third-order valence-electron chi connectivity index (χ3n) is 8.83. The third-order valence-corrected chi connectivity index (χ3v) is 9.41. The van der Waals surface area contributed by atoms with Crippen molar-refractivity contribution in [1.29, 1.82) is 10.5 Å². The summed E-state index contributed by atoms with van der Waals surface area (Å²) < 4.78 is 52.5. The predicted molar refractivity (Wildman–Crippen MR) is 214 cm³/mol. The summed E-state index contributed by atoms with van der Waals surface area (Å²) in [4.78, 5) is 15.6. The van der Waals surface area contributed by atoms with E-state index in [0.717, 1.165) is 5.46 Å². The summed E-state index contributed by atoms with van der Waals surface area (Å²) in [6, 6.07) is 16.7. The van der Waals surface area contributed by atoms with Gasteiger partial charge in [0, 0.05) is 47.7 Å². The van der Waals surface area contributed by atoms with Gasteiger partial charge in [0.25, 0.3) is 0 Å². The Labute approximate surface area is 342 Å². The molecule has 0 amide bonds. The van der Waals surface area contributed by atoms with Gasteiger partial charge in [-0.1, -0.05) is 6.07 Å². The Hall–Kier alpha value is -5.50. The minimum atomic E-state index is -0.989. The number of pyridine rings is 4. The van der Waals surface area contributed by atoms with Gasteiger partial charge in [0.1, 0.15) is 59.5 Å². The average molecular weight is 860 g/mol. The molecule has 58 heavy (non-hydrogen) atoms. The van der Waals surface area contributed by atoms with E-state index in [9.17, 15) is 24.3 Å². The lowest BCUT2D eigenvalue weighted by Gasteiger charge is -2.32. The molecule has 0 bridgehead atoms. The fourth-order valence-electron chi connectivity index (χ4n) is 5.22. The molecule has 2 N–H and O–H groups in total. The molecule has 14 nitrogen and oxygen atoms in total. The van der Waals surface area contributed by atoms with E-state index in [0.29, 0.717) is 50.0 Å². The summed E-state index contributed by atoms with van der Waals surface area (Å²) in [6.07, 6.45) is 5.78. The molecule has 1 fully saturated rings. The number of aromatic nitrogens is 6. The second-order valence-corrected chi connectivity index (χ2v) is 16.4. The van der Waals surface area contributed by atoms with Crippen LogP contribution in [-0.2, 0) is 9.31 Å². The van der Waals surface area contributed by atoms with Crippen LogP contribution >= 0.6 is 15.9 Å². The van der Waals surface area contributed by atoms with Crippen LogP contribution in [0.15, 0.2) is 77.9 Å². The van der Waals surface area contributed by atoms with Crippen LogP contribution in [0, 0.1) is 34.6 Å². The highest BCUT2D eigenvalue weighted by Crippen LogP contribution is 2.36. The van der Waals surface area contributed by atoms with Gasteiger partial charge in [-0.05, 0) is 89.5 Å². The Kier molecular flexibility index (Phi) is 12.9. The molecular weight excluding hydrogens is 817 g/mol. The molecule has 18 heteroatoms. The number of halogens is 3. The van der Waals surface area contributed by atoms with Crippen LogP contribution in [0.2, 0.25) is 0 Å². The van der Waals surface area contributed by atoms with Crippen molar-refractivity contribution >= 4 is 39.8 Å². The first-order chi connectivity index (χ1) is 27.1. The minimum Gasteiger partial charge on any atom is -0.490 e. The molecule has 1 saturated heterocycles. The fourth-order valence-corrected chi connectivity index (χ4v) is 5.82. The highest BCUT2D eigenvalue weighted by atomic mass is 79.9. The second kappa shape index (κ2) is 17.2. The van der Waals surface area contributed by atoms with E-state index in [2.05, 4.69) is 48.0 Å². The van der Waals surface area contributed by atoms with Gasteiger partial charge in [0.15, 0.2) is 0 Å². The van der Waals surface area contributed by atoms with Crippen LogP contribution in [0.4, 0.5) is 8.78 Å². The average Bonchev–Trinajstić information content (AvgIpc) is 3.83. The van der Waals surface area contributed by atoms with Gasteiger partial charge in [0.2, 0.25) is 11.9 Å². The molecule has 302 valence electrons. The number of aliphatic hydroxyl groups is 2. The molecule has 7 heterocycles. The van der Waals surface area contributed by atoms with Crippen molar-refractivity contribution in [2.75, 3.05) is 13.2 Å². The highest BCUT2D eigenvalue weighted by Gasteiger charge is 2.51. The van der Waals surface area contributed by atoms with Crippen molar-refractivity contribution in [1.82, 2.24) is 28.7 Å². The molecule has 0 aliphatic carbocycles. The number of nitrogens with zero attached hydrogens (tertiary/aromatic N) is 8. The van der Waals surface area contributed by atoms with Gasteiger partial charge in [-0.2, -0.15) is 19.3 Å². The standard InChI is InChI=1S/C17H15FN4O2.C12H12BrN3O2.C11H15BFNO2/c1-17(2,23)10-24-13-5-14(11-3-4-15(18)20-8-11)22-12(7-19)9-21-16(22)6-13;1-12(2,17)7-18-9-3-10(13)16-8(5-14)6-15-11(16)4-9;1-10(2)11(3,4)16-12(15-10)8-5-6-9(13)14-7-8/h3-6,8-9,23H,10H2,1-2H3;3-4,6,17H,7H2,1-2H3;5-7H,1-4H3. The van der Waals surface area contributed by atoms with Crippen molar-refractivity contribution in [2.45, 2.75) is 77.8 Å². The van der Waals surface area contributed by atoms with E-state index >= 15 is 0 Å². The number of fused-ring (bicyclic) bond motifs is 2. The number of imidazole rings is 2. The quantitative estimate of drug-likeness (QED) is 0.131. The Morgan fingerprint density at radius 3 is 1.67 bits per heavy atom. The smallest absolute Gasteiger partial charge is 0.490 e. The Morgan fingerprint density at radius 2 is 1.21 bits per heavy atom. The number of nitriles is 2. The number of hydrogen-bond acceptors (Lipinski definition) is 12. The SMILES string of the molecule is CC(C)(O)COc1cc(-c2ccc(F)nc2)n2c(C#N)cnc2c1.CC(C)(O)COc1cc(Br)n2c(C#N)cnc2c1.CC1(C)OB(c2ccc(F)nc2)OC1(C)C. The first-order valence-corrected chi connectivity index (χ1v) is 18.7. The fraction of sp³-hybridized carbons (Fsp3) is 0.350. The van der Waals surface area contributed by atoms with E-state index in [1.807, 2.05) is 27.7 Å². The van der Waals surface area contributed by atoms with Crippen molar-refractivity contribution in [3.63, 3.8) is 0 Å². The summed E-state index contributed by atoms with van der Waals surface area (Å²) in [5, 5.41) is 37.6. The lowest BCUT2D eigenvalue weighted by molar-refractivity contribution is 0.00578. The minimum absolute atomic E-state index is 0.0934. The molecule has 0 saturated carbocycles. The molecule has 0 spiro atoms. The van der Waals surface area contributed by atoms with E-state index in [1.165, 1.54) is 36.9 Å². The topological polar surface area (TPSA) is 185 Å². The van der Waals surface area contributed by atoms with Crippen LogP contribution in [0.25, 0.3) is 22.6 Å². The Bertz CT molecular complexity index is 2450. The maximum atomic E-state index is 13.1. The molecule has 0 atom stereocenters. The first-order valence-electron chi connectivity index (χ1n) is 17.9. The van der Waals surface area contributed by atoms with Gasteiger partial charge in [-0.3, -0.25) is 8.80 Å². The molecule has 6 aromatic heterocycles. The largest absolute Gasteiger partial charge is 0.496 e. The molecule has 1 aliphatic heterocycles. The van der Waals surface area contributed by atoms with Gasteiger partial charge in [-0.25, -0.2) is 19.9 Å². The monoisotopic (exact) mass is 858 g/mol. The van der Waals surface area contributed by atoms with Crippen LogP contribution < -0.4 is 14.9 Å². The zero-order valence-electron chi connectivity index (χ0n) is 33.2. The van der Waals surface area contributed by atoms with Gasteiger partial charge in [0.05, 0.1) is 45.1 Å². The lowest BCUT2D eigenvalue weighted by Crippen LogP contribution is -2.41. The normalized spacial score (nSPS) is 14.5. The molecule has 0 radical (unpaired) electrons. The number of ether oxygens (including phenoxy) is 2. The Morgan fingerprint density at radius 1 is 0.724 bits per heavy atom. The van der Waals surface area contributed by atoms with Crippen LogP contribution in [0.3, 0.4) is 0 Å².